The fraction of sp³-hybridized carbons (Fsp3) is 0.833. The Bertz CT molecular complexity index is 142. The van der Waals surface area contributed by atoms with Crippen molar-refractivity contribution in [3.05, 3.63) is 0 Å². The van der Waals surface area contributed by atoms with Crippen molar-refractivity contribution in [1.82, 2.24) is 5.23 Å². The van der Waals surface area contributed by atoms with E-state index in [1.807, 2.05) is 0 Å². The molecule has 0 saturated heterocycles. The Morgan fingerprint density at radius 2 is 1.73 bits per heavy atom. The normalized spacial score (nSPS) is 12.1. The smallest absolute Gasteiger partial charge is 0.329 e. The van der Waals surface area contributed by atoms with Gasteiger partial charge in [0.2, 0.25) is 0 Å². The van der Waals surface area contributed by atoms with Crippen LogP contribution in [0.25, 0.3) is 0 Å². The summed E-state index contributed by atoms with van der Waals surface area (Å²) in [6, 6.07) is 0. The zero-order chi connectivity index (χ0) is 9.07. The first-order valence-electron chi connectivity index (χ1n) is 3.42. The first-order chi connectivity index (χ1) is 5.01. The topological polar surface area (TPSA) is 81.0 Å². The first-order valence-corrected chi connectivity index (χ1v) is 3.42. The minimum absolute atomic E-state index is 0.145. The lowest BCUT2D eigenvalue weighted by molar-refractivity contribution is -0.358. The number of carboxylic acid groups (broad SMARTS) is 1. The van der Waals surface area contributed by atoms with Gasteiger partial charge in [0.05, 0.1) is 0 Å². The summed E-state index contributed by atoms with van der Waals surface area (Å²) in [7, 11) is 0. The summed E-state index contributed by atoms with van der Waals surface area (Å²) in [5.41, 5.74) is -1.56. The number of hydroxylamine groups is 2. The van der Waals surface area contributed by atoms with Crippen LogP contribution in [-0.2, 0) is 4.79 Å². The molecule has 0 spiro atoms. The van der Waals surface area contributed by atoms with E-state index in [1.54, 1.807) is 13.8 Å². The SMILES string of the molecule is CCC(CC)(C(=O)O)N(O)O. The van der Waals surface area contributed by atoms with Gasteiger partial charge in [-0.05, 0) is 12.8 Å². The molecule has 0 fully saturated rings. The Hall–Kier alpha value is -0.650. The fourth-order valence-electron chi connectivity index (χ4n) is 0.921. The van der Waals surface area contributed by atoms with Gasteiger partial charge in [-0.25, -0.2) is 0 Å². The number of carbonyl (C=O) groups is 1. The third-order valence-corrected chi connectivity index (χ3v) is 1.95. The number of nitrogens with zero attached hydrogens (tertiary/aromatic N) is 1. The lowest BCUT2D eigenvalue weighted by Crippen LogP contribution is -2.50. The van der Waals surface area contributed by atoms with Crippen LogP contribution in [0, 0.1) is 0 Å². The monoisotopic (exact) mass is 163 g/mol. The summed E-state index contributed by atoms with van der Waals surface area (Å²) >= 11 is 0. The molecule has 0 aromatic carbocycles. The highest BCUT2D eigenvalue weighted by Gasteiger charge is 2.40. The molecule has 0 aliphatic rings. The molecule has 0 rings (SSSR count). The van der Waals surface area contributed by atoms with Crippen molar-refractivity contribution in [1.29, 1.82) is 0 Å². The Balaban J connectivity index is 4.61. The number of hydrogen-bond acceptors (Lipinski definition) is 4. The van der Waals surface area contributed by atoms with Crippen molar-refractivity contribution in [2.24, 2.45) is 0 Å². The molecule has 0 bridgehead atoms. The molecule has 0 heterocycles. The molecule has 0 radical (unpaired) electrons. The lowest BCUT2D eigenvalue weighted by atomic mass is 9.94. The van der Waals surface area contributed by atoms with Crippen molar-refractivity contribution < 1.29 is 20.3 Å². The molecule has 66 valence electrons. The predicted octanol–water partition coefficient (Wildman–Crippen LogP) is 0.710. The average Bonchev–Trinajstić information content (AvgIpc) is 1.90. The molecular weight excluding hydrogens is 150 g/mol. The van der Waals surface area contributed by atoms with Crippen LogP contribution in [0.5, 0.6) is 0 Å². The number of rotatable bonds is 4. The minimum Gasteiger partial charge on any atom is -0.480 e. The van der Waals surface area contributed by atoms with Crippen LogP contribution < -0.4 is 0 Å². The van der Waals surface area contributed by atoms with Crippen LogP contribution in [0.4, 0.5) is 0 Å². The summed E-state index contributed by atoms with van der Waals surface area (Å²) in [5.74, 6) is -1.23. The maximum absolute atomic E-state index is 10.6. The van der Waals surface area contributed by atoms with Gasteiger partial charge in [0, 0.05) is 0 Å². The second-order valence-corrected chi connectivity index (χ2v) is 2.33. The average molecular weight is 163 g/mol. The van der Waals surface area contributed by atoms with Crippen LogP contribution >= 0.6 is 0 Å². The molecule has 3 N–H and O–H groups in total. The van der Waals surface area contributed by atoms with Crippen LogP contribution in [0.3, 0.4) is 0 Å². The highest BCUT2D eigenvalue weighted by Crippen LogP contribution is 2.20. The van der Waals surface area contributed by atoms with Crippen molar-refractivity contribution >= 4 is 5.97 Å². The molecule has 0 aromatic rings. The zero-order valence-electron chi connectivity index (χ0n) is 6.61. The van der Waals surface area contributed by atoms with Crippen LogP contribution in [0.2, 0.25) is 0 Å². The van der Waals surface area contributed by atoms with Crippen LogP contribution in [0.1, 0.15) is 26.7 Å². The highest BCUT2D eigenvalue weighted by atomic mass is 16.8. The third-order valence-electron chi connectivity index (χ3n) is 1.95. The predicted molar refractivity (Wildman–Crippen MR) is 36.4 cm³/mol. The maximum atomic E-state index is 10.6. The molecule has 0 saturated carbocycles. The van der Waals surface area contributed by atoms with Gasteiger partial charge in [-0.2, -0.15) is 0 Å². The Morgan fingerprint density at radius 1 is 1.36 bits per heavy atom. The van der Waals surface area contributed by atoms with Crippen molar-refractivity contribution in [3.63, 3.8) is 0 Å². The third kappa shape index (κ3) is 1.68. The van der Waals surface area contributed by atoms with Gasteiger partial charge in [0.25, 0.3) is 0 Å². The molecular formula is C6H13NO4. The fourth-order valence-corrected chi connectivity index (χ4v) is 0.921. The summed E-state index contributed by atoms with van der Waals surface area (Å²) in [6.45, 7) is 3.16. The van der Waals surface area contributed by atoms with E-state index in [-0.39, 0.29) is 18.1 Å². The lowest BCUT2D eigenvalue weighted by Gasteiger charge is -2.29. The number of aliphatic carboxylic acids is 1. The molecule has 5 heteroatoms. The number of carboxylic acids is 1. The standard InChI is InChI=1S/C6H13NO4/c1-3-6(4-2,5(8)9)7(10)11/h10-11H,3-4H2,1-2H3,(H,8,9). The van der Waals surface area contributed by atoms with Gasteiger partial charge >= 0.3 is 5.97 Å². The highest BCUT2D eigenvalue weighted by molar-refractivity contribution is 5.78. The molecule has 0 aliphatic heterocycles. The van der Waals surface area contributed by atoms with Gasteiger partial charge in [-0.15, -0.1) is 0 Å². The maximum Gasteiger partial charge on any atom is 0.329 e. The van der Waals surface area contributed by atoms with E-state index in [0.717, 1.165) is 0 Å². The largest absolute Gasteiger partial charge is 0.480 e. The Labute approximate surface area is 64.8 Å². The molecule has 0 aliphatic carbocycles. The zero-order valence-corrected chi connectivity index (χ0v) is 6.61. The molecule has 11 heavy (non-hydrogen) atoms. The van der Waals surface area contributed by atoms with Crippen molar-refractivity contribution in [2.75, 3.05) is 0 Å². The van der Waals surface area contributed by atoms with E-state index >= 15 is 0 Å². The summed E-state index contributed by atoms with van der Waals surface area (Å²) < 4.78 is 0. The Kier molecular flexibility index (Phi) is 3.44. The quantitative estimate of drug-likeness (QED) is 0.532. The van der Waals surface area contributed by atoms with Crippen molar-refractivity contribution in [2.45, 2.75) is 32.2 Å². The van der Waals surface area contributed by atoms with E-state index in [1.165, 1.54) is 0 Å². The minimum atomic E-state index is -1.56. The van der Waals surface area contributed by atoms with Crippen LogP contribution in [-0.4, -0.2) is 32.3 Å². The number of hydrogen-bond donors (Lipinski definition) is 3. The molecule has 0 atom stereocenters. The van der Waals surface area contributed by atoms with Gasteiger partial charge < -0.3 is 5.11 Å². The molecule has 0 unspecified atom stereocenters. The summed E-state index contributed by atoms with van der Waals surface area (Å²) in [5, 5.41) is 25.7. The van der Waals surface area contributed by atoms with E-state index in [2.05, 4.69) is 0 Å². The summed E-state index contributed by atoms with van der Waals surface area (Å²) in [6.07, 6.45) is 0.289. The molecule has 0 aromatic heterocycles. The van der Waals surface area contributed by atoms with E-state index in [0.29, 0.717) is 0 Å². The van der Waals surface area contributed by atoms with E-state index in [4.69, 9.17) is 15.5 Å². The van der Waals surface area contributed by atoms with E-state index < -0.39 is 11.5 Å². The second kappa shape index (κ2) is 3.66. The van der Waals surface area contributed by atoms with Gasteiger partial charge in [0.1, 0.15) is 0 Å². The Morgan fingerprint density at radius 3 is 1.73 bits per heavy atom. The van der Waals surface area contributed by atoms with Gasteiger partial charge in [-0.1, -0.05) is 19.1 Å². The van der Waals surface area contributed by atoms with Crippen LogP contribution in [0.15, 0.2) is 0 Å². The van der Waals surface area contributed by atoms with Gasteiger partial charge in [0.15, 0.2) is 5.54 Å². The van der Waals surface area contributed by atoms with E-state index in [9.17, 15) is 4.79 Å². The first kappa shape index (κ1) is 10.3. The van der Waals surface area contributed by atoms with Gasteiger partial charge in [-0.3, -0.25) is 15.2 Å². The summed E-state index contributed by atoms with van der Waals surface area (Å²) in [4.78, 5) is 10.6. The molecule has 0 amide bonds. The second-order valence-electron chi connectivity index (χ2n) is 2.33. The van der Waals surface area contributed by atoms with Crippen molar-refractivity contribution in [3.8, 4) is 0 Å². The molecule has 5 nitrogen and oxygen atoms in total.